The molecule has 2 N–H and O–H groups in total. The molecule has 4 heteroatoms. The van der Waals surface area contributed by atoms with E-state index in [0.29, 0.717) is 24.2 Å². The van der Waals surface area contributed by atoms with Gasteiger partial charge >= 0.3 is 0 Å². The van der Waals surface area contributed by atoms with Gasteiger partial charge in [0, 0.05) is 30.8 Å². The lowest BCUT2D eigenvalue weighted by Crippen LogP contribution is -2.27. The molecule has 1 aromatic carbocycles. The Morgan fingerprint density at radius 2 is 2.20 bits per heavy atom. The van der Waals surface area contributed by atoms with Gasteiger partial charge < -0.3 is 5.73 Å². The van der Waals surface area contributed by atoms with Crippen LogP contribution in [-0.4, -0.2) is 18.0 Å². The molecule has 0 saturated carbocycles. The highest BCUT2D eigenvalue weighted by Crippen LogP contribution is 2.34. The number of fused-ring (bicyclic) bond motifs is 1. The van der Waals surface area contributed by atoms with Gasteiger partial charge in [0.05, 0.1) is 0 Å². The number of rotatable bonds is 2. The molecule has 1 aromatic rings. The minimum absolute atomic E-state index is 0.0461. The van der Waals surface area contributed by atoms with Crippen molar-refractivity contribution in [3.63, 3.8) is 0 Å². The van der Waals surface area contributed by atoms with Crippen molar-refractivity contribution in [3.05, 3.63) is 34.9 Å². The summed E-state index contributed by atoms with van der Waals surface area (Å²) in [4.78, 5) is 2.05. The fourth-order valence-electron chi connectivity index (χ4n) is 2.21. The Labute approximate surface area is 87.7 Å². The summed E-state index contributed by atoms with van der Waals surface area (Å²) in [7, 11) is 0. The van der Waals surface area contributed by atoms with Gasteiger partial charge in [0.15, 0.2) is 0 Å². The first kappa shape index (κ1) is 10.5. The minimum Gasteiger partial charge on any atom is -0.329 e. The van der Waals surface area contributed by atoms with Crippen LogP contribution >= 0.6 is 0 Å². The normalized spacial score (nSPS) is 20.7. The first-order valence-electron chi connectivity index (χ1n) is 5.09. The molecule has 1 aliphatic heterocycles. The number of nitrogens with two attached hydrogens (primary N) is 1. The van der Waals surface area contributed by atoms with Crippen LogP contribution in [0.15, 0.2) is 12.1 Å². The van der Waals surface area contributed by atoms with E-state index in [4.69, 9.17) is 5.73 Å². The predicted octanol–water partition coefficient (Wildman–Crippen LogP) is 1.80. The first-order chi connectivity index (χ1) is 7.17. The van der Waals surface area contributed by atoms with E-state index < -0.39 is 11.6 Å². The molecule has 1 aliphatic rings. The smallest absolute Gasteiger partial charge is 0.130 e. The van der Waals surface area contributed by atoms with Gasteiger partial charge in [-0.3, -0.25) is 4.90 Å². The molecule has 15 heavy (non-hydrogen) atoms. The van der Waals surface area contributed by atoms with Gasteiger partial charge in [-0.15, -0.1) is 0 Å². The molecule has 0 aromatic heterocycles. The number of hydrogen-bond donors (Lipinski definition) is 1. The first-order valence-corrected chi connectivity index (χ1v) is 5.09. The zero-order chi connectivity index (χ0) is 11.0. The van der Waals surface area contributed by atoms with Crippen molar-refractivity contribution >= 4 is 0 Å². The molecule has 0 spiro atoms. The maximum absolute atomic E-state index is 13.5. The van der Waals surface area contributed by atoms with E-state index >= 15 is 0 Å². The van der Waals surface area contributed by atoms with Crippen molar-refractivity contribution in [2.24, 2.45) is 5.73 Å². The number of benzene rings is 1. The average molecular weight is 212 g/mol. The lowest BCUT2D eigenvalue weighted by molar-refractivity contribution is 0.231. The lowest BCUT2D eigenvalue weighted by Gasteiger charge is -2.21. The molecule has 1 heterocycles. The van der Waals surface area contributed by atoms with E-state index in [1.54, 1.807) is 0 Å². The molecular weight excluding hydrogens is 198 g/mol. The third-order valence-corrected chi connectivity index (χ3v) is 2.99. The molecule has 0 radical (unpaired) electrons. The van der Waals surface area contributed by atoms with Gasteiger partial charge in [-0.25, -0.2) is 8.78 Å². The van der Waals surface area contributed by atoms with Crippen LogP contribution in [0.1, 0.15) is 24.1 Å². The second kappa shape index (κ2) is 3.87. The molecule has 2 rings (SSSR count). The highest BCUT2D eigenvalue weighted by Gasteiger charge is 2.30. The third-order valence-electron chi connectivity index (χ3n) is 2.99. The lowest BCUT2D eigenvalue weighted by atomic mass is 10.0. The van der Waals surface area contributed by atoms with E-state index in [2.05, 4.69) is 0 Å². The van der Waals surface area contributed by atoms with Crippen LogP contribution in [0.4, 0.5) is 8.78 Å². The molecule has 0 fully saturated rings. The Morgan fingerprint density at radius 1 is 1.47 bits per heavy atom. The van der Waals surface area contributed by atoms with Crippen LogP contribution in [0.3, 0.4) is 0 Å². The minimum atomic E-state index is -0.525. The van der Waals surface area contributed by atoms with Crippen molar-refractivity contribution in [2.45, 2.75) is 19.5 Å². The molecule has 1 unspecified atom stereocenters. The Kier molecular flexibility index (Phi) is 2.71. The standard InChI is InChI=1S/C11H14F2N2/c1-2-15-6-9-8(11(15)5-14)3-7(12)4-10(9)13/h3-4,11H,2,5-6,14H2,1H3. The summed E-state index contributed by atoms with van der Waals surface area (Å²) in [6.45, 7) is 3.70. The molecule has 0 bridgehead atoms. The maximum atomic E-state index is 13.5. The van der Waals surface area contributed by atoms with Crippen molar-refractivity contribution in [1.29, 1.82) is 0 Å². The van der Waals surface area contributed by atoms with Crippen LogP contribution in [0.2, 0.25) is 0 Å². The molecular formula is C11H14F2N2. The zero-order valence-corrected chi connectivity index (χ0v) is 8.63. The summed E-state index contributed by atoms with van der Waals surface area (Å²) in [5.41, 5.74) is 6.93. The van der Waals surface area contributed by atoms with Gasteiger partial charge in [0.1, 0.15) is 11.6 Å². The Bertz CT molecular complexity index is 379. The summed E-state index contributed by atoms with van der Waals surface area (Å²) >= 11 is 0. The maximum Gasteiger partial charge on any atom is 0.130 e. The summed E-state index contributed by atoms with van der Waals surface area (Å²) in [6, 6.07) is 2.28. The number of halogens is 2. The number of nitrogens with zero attached hydrogens (tertiary/aromatic N) is 1. The van der Waals surface area contributed by atoms with Gasteiger partial charge in [-0.05, 0) is 18.2 Å². The molecule has 0 aliphatic carbocycles. The highest BCUT2D eigenvalue weighted by atomic mass is 19.1. The van der Waals surface area contributed by atoms with Crippen molar-refractivity contribution in [2.75, 3.05) is 13.1 Å². The topological polar surface area (TPSA) is 29.3 Å². The van der Waals surface area contributed by atoms with E-state index in [9.17, 15) is 8.78 Å². The van der Waals surface area contributed by atoms with Gasteiger partial charge in [-0.1, -0.05) is 6.92 Å². The molecule has 0 amide bonds. The Morgan fingerprint density at radius 3 is 2.80 bits per heavy atom. The van der Waals surface area contributed by atoms with Crippen LogP contribution in [-0.2, 0) is 6.54 Å². The SMILES string of the molecule is CCN1Cc2c(F)cc(F)cc2C1CN. The van der Waals surface area contributed by atoms with Gasteiger partial charge in [0.2, 0.25) is 0 Å². The van der Waals surface area contributed by atoms with Crippen LogP contribution in [0.5, 0.6) is 0 Å². The zero-order valence-electron chi connectivity index (χ0n) is 8.63. The number of hydrogen-bond acceptors (Lipinski definition) is 2. The number of likely N-dealkylation sites (N-methyl/N-ethyl adjacent to an activating group) is 1. The summed E-state index contributed by atoms with van der Waals surface area (Å²) in [5.74, 6) is -0.984. The molecule has 82 valence electrons. The van der Waals surface area contributed by atoms with Crippen LogP contribution in [0, 0.1) is 11.6 Å². The van der Waals surface area contributed by atoms with E-state index in [1.165, 1.54) is 6.07 Å². The second-order valence-corrected chi connectivity index (χ2v) is 3.77. The van der Waals surface area contributed by atoms with Crippen molar-refractivity contribution < 1.29 is 8.78 Å². The van der Waals surface area contributed by atoms with Gasteiger partial charge in [-0.2, -0.15) is 0 Å². The summed E-state index contributed by atoms with van der Waals surface area (Å²) < 4.78 is 26.5. The predicted molar refractivity (Wildman–Crippen MR) is 54.2 cm³/mol. The monoisotopic (exact) mass is 212 g/mol. The van der Waals surface area contributed by atoms with Crippen LogP contribution < -0.4 is 5.73 Å². The average Bonchev–Trinajstić information content (AvgIpc) is 2.55. The van der Waals surface area contributed by atoms with E-state index in [1.807, 2.05) is 11.8 Å². The second-order valence-electron chi connectivity index (χ2n) is 3.77. The highest BCUT2D eigenvalue weighted by molar-refractivity contribution is 5.36. The fraction of sp³-hybridized carbons (Fsp3) is 0.455. The van der Waals surface area contributed by atoms with Gasteiger partial charge in [0.25, 0.3) is 0 Å². The van der Waals surface area contributed by atoms with Crippen LogP contribution in [0.25, 0.3) is 0 Å². The van der Waals surface area contributed by atoms with E-state index in [-0.39, 0.29) is 6.04 Å². The Hall–Kier alpha value is -1.00. The Balaban J connectivity index is 2.47. The molecule has 0 saturated heterocycles. The molecule has 1 atom stereocenters. The van der Waals surface area contributed by atoms with Crippen molar-refractivity contribution in [1.82, 2.24) is 4.90 Å². The third kappa shape index (κ3) is 1.64. The summed E-state index contributed by atoms with van der Waals surface area (Å²) in [5, 5.41) is 0. The largest absolute Gasteiger partial charge is 0.329 e. The molecule has 2 nitrogen and oxygen atoms in total. The van der Waals surface area contributed by atoms with E-state index in [0.717, 1.165) is 12.6 Å². The quantitative estimate of drug-likeness (QED) is 0.810. The van der Waals surface area contributed by atoms with Crippen molar-refractivity contribution in [3.8, 4) is 0 Å². The summed E-state index contributed by atoms with van der Waals surface area (Å²) in [6.07, 6.45) is 0. The fourth-order valence-corrected chi connectivity index (χ4v) is 2.21.